The molecule has 10 heteroatoms. The van der Waals surface area contributed by atoms with Crippen molar-refractivity contribution in [1.82, 2.24) is 15.1 Å². The van der Waals surface area contributed by atoms with E-state index in [4.69, 9.17) is 4.99 Å². The fourth-order valence-corrected chi connectivity index (χ4v) is 6.70. The van der Waals surface area contributed by atoms with Gasteiger partial charge in [0, 0.05) is 11.6 Å². The van der Waals surface area contributed by atoms with Crippen molar-refractivity contribution in [3.05, 3.63) is 80.8 Å². The van der Waals surface area contributed by atoms with E-state index >= 15 is 0 Å². The predicted molar refractivity (Wildman–Crippen MR) is 129 cm³/mol. The van der Waals surface area contributed by atoms with Crippen LogP contribution < -0.4 is 5.32 Å². The van der Waals surface area contributed by atoms with Crippen molar-refractivity contribution < 1.29 is 22.8 Å². The van der Waals surface area contributed by atoms with Gasteiger partial charge in [0.25, 0.3) is 0 Å². The second kappa shape index (κ2) is 7.55. The molecule has 1 aromatic carbocycles. The number of rotatable bonds is 2. The highest BCUT2D eigenvalue weighted by Gasteiger charge is 2.61. The lowest BCUT2D eigenvalue weighted by Gasteiger charge is -2.55. The highest BCUT2D eigenvalue weighted by atomic mass is 32.1. The van der Waals surface area contributed by atoms with Crippen molar-refractivity contribution in [3.8, 4) is 0 Å². The van der Waals surface area contributed by atoms with Crippen molar-refractivity contribution in [2.45, 2.75) is 39.0 Å². The fraction of sp³-hybridized carbons (Fsp3) is 0.346. The summed E-state index contributed by atoms with van der Waals surface area (Å²) in [5.74, 6) is 0.141. The monoisotopic (exact) mass is 512 g/mol. The van der Waals surface area contributed by atoms with E-state index in [-0.39, 0.29) is 24.4 Å². The van der Waals surface area contributed by atoms with Crippen molar-refractivity contribution in [3.63, 3.8) is 0 Å². The molecule has 4 atom stereocenters. The third-order valence-electron chi connectivity index (χ3n) is 7.69. The van der Waals surface area contributed by atoms with E-state index in [1.807, 2.05) is 38.3 Å². The Morgan fingerprint density at radius 1 is 1.17 bits per heavy atom. The Labute approximate surface area is 209 Å². The van der Waals surface area contributed by atoms with Gasteiger partial charge in [-0.3, -0.25) is 19.6 Å². The first kappa shape index (κ1) is 23.0. The molecule has 2 aromatic rings. The summed E-state index contributed by atoms with van der Waals surface area (Å²) in [6, 6.07) is 7.31. The van der Waals surface area contributed by atoms with Gasteiger partial charge in [0.15, 0.2) is 0 Å². The number of thiophene rings is 1. The van der Waals surface area contributed by atoms with Gasteiger partial charge in [-0.1, -0.05) is 36.8 Å². The van der Waals surface area contributed by atoms with Crippen molar-refractivity contribution >= 4 is 29.1 Å². The molecule has 1 aromatic heterocycles. The quantitative estimate of drug-likeness (QED) is 0.554. The summed E-state index contributed by atoms with van der Waals surface area (Å²) in [6.45, 7) is 5.91. The molecule has 1 saturated heterocycles. The Balaban J connectivity index is 1.56. The van der Waals surface area contributed by atoms with Crippen LogP contribution in [0.5, 0.6) is 0 Å². The molecule has 0 radical (unpaired) electrons. The first-order chi connectivity index (χ1) is 17.0. The predicted octanol–water partition coefficient (Wildman–Crippen LogP) is 5.32. The van der Waals surface area contributed by atoms with Gasteiger partial charge >= 0.3 is 12.2 Å². The minimum atomic E-state index is -4.45. The van der Waals surface area contributed by atoms with Gasteiger partial charge in [0.05, 0.1) is 33.6 Å². The van der Waals surface area contributed by atoms with Gasteiger partial charge in [0.2, 0.25) is 5.91 Å². The molecule has 3 amide bonds. The second-order valence-corrected chi connectivity index (χ2v) is 10.8. The number of halogens is 3. The highest BCUT2D eigenvalue weighted by molar-refractivity contribution is 7.12. The van der Waals surface area contributed by atoms with Crippen LogP contribution in [0.1, 0.15) is 42.8 Å². The van der Waals surface area contributed by atoms with Crippen LogP contribution in [0.4, 0.5) is 18.0 Å². The molecule has 6 rings (SSSR count). The molecular weight excluding hydrogens is 489 g/mol. The van der Waals surface area contributed by atoms with Crippen LogP contribution in [-0.2, 0) is 11.0 Å². The first-order valence-electron chi connectivity index (χ1n) is 11.6. The molecule has 186 valence electrons. The zero-order valence-electron chi connectivity index (χ0n) is 19.8. The number of aliphatic imine (C=N–C) groups is 1. The van der Waals surface area contributed by atoms with Gasteiger partial charge in [-0.25, -0.2) is 4.79 Å². The smallest absolute Gasteiger partial charge is 0.326 e. The minimum absolute atomic E-state index is 0.0808. The molecule has 0 saturated carbocycles. The van der Waals surface area contributed by atoms with Crippen LogP contribution in [0.2, 0.25) is 0 Å². The van der Waals surface area contributed by atoms with Crippen molar-refractivity contribution in [2.75, 3.05) is 6.54 Å². The molecule has 6 nitrogen and oxygen atoms in total. The Morgan fingerprint density at radius 3 is 2.53 bits per heavy atom. The number of allylic oxidation sites excluding steroid dienone is 1. The maximum absolute atomic E-state index is 14.0. The summed E-state index contributed by atoms with van der Waals surface area (Å²) in [4.78, 5) is 35.6. The number of amides is 3. The largest absolute Gasteiger partial charge is 0.416 e. The maximum Gasteiger partial charge on any atom is 0.416 e. The van der Waals surface area contributed by atoms with Gasteiger partial charge in [-0.15, -0.1) is 11.3 Å². The second-order valence-electron chi connectivity index (χ2n) is 9.88. The van der Waals surface area contributed by atoms with Crippen LogP contribution >= 0.6 is 11.3 Å². The van der Waals surface area contributed by atoms with E-state index in [2.05, 4.69) is 11.4 Å². The summed E-state index contributed by atoms with van der Waals surface area (Å²) in [5, 5.41) is 4.88. The average Bonchev–Trinajstić information content (AvgIpc) is 3.49. The zero-order valence-corrected chi connectivity index (χ0v) is 20.6. The number of fused-ring (bicyclic) bond motifs is 2. The summed E-state index contributed by atoms with van der Waals surface area (Å²) >= 11 is 1.44. The van der Waals surface area contributed by atoms with Gasteiger partial charge in [0.1, 0.15) is 12.4 Å². The number of carbonyl (C=O) groups excluding carboxylic acids is 2. The topological polar surface area (TPSA) is 65.0 Å². The number of amidine groups is 1. The Kier molecular flexibility index (Phi) is 4.83. The number of carbonyl (C=O) groups is 2. The van der Waals surface area contributed by atoms with Crippen molar-refractivity contribution in [2.24, 2.45) is 16.3 Å². The van der Waals surface area contributed by atoms with Crippen LogP contribution in [0, 0.1) is 11.3 Å². The van der Waals surface area contributed by atoms with E-state index < -0.39 is 29.2 Å². The number of nitrogens with one attached hydrogen (secondary N) is 1. The average molecular weight is 513 g/mol. The van der Waals surface area contributed by atoms with Crippen LogP contribution in [-0.4, -0.2) is 40.2 Å². The first-order valence-corrected chi connectivity index (χ1v) is 12.5. The van der Waals surface area contributed by atoms with Gasteiger partial charge in [-0.05, 0) is 43.0 Å². The number of urea groups is 1. The fourth-order valence-electron chi connectivity index (χ4n) is 5.98. The summed E-state index contributed by atoms with van der Waals surface area (Å²) in [6.07, 6.45) is -2.31. The van der Waals surface area contributed by atoms with Gasteiger partial charge < -0.3 is 5.32 Å². The van der Waals surface area contributed by atoms with Crippen LogP contribution in [0.25, 0.3) is 0 Å². The van der Waals surface area contributed by atoms with E-state index in [0.717, 1.165) is 28.3 Å². The van der Waals surface area contributed by atoms with Gasteiger partial charge in [-0.2, -0.15) is 13.2 Å². The molecule has 0 bridgehead atoms. The van der Waals surface area contributed by atoms with E-state index in [9.17, 15) is 22.8 Å². The zero-order chi connectivity index (χ0) is 25.6. The Hall–Kier alpha value is -3.40. The van der Waals surface area contributed by atoms with E-state index in [1.54, 1.807) is 9.80 Å². The lowest BCUT2D eigenvalue weighted by molar-refractivity contribution is -0.137. The highest BCUT2D eigenvalue weighted by Crippen LogP contribution is 2.56. The Bertz CT molecular complexity index is 1380. The standard InChI is InChI=1S/C26H23F3N4O2S/c1-13-11-25(3)21-19(14(13)2)30-18(34)12-32(21)24(35)33-22(25)20(31-23(33)17-5-4-10-36-17)15-6-8-16(9-7-15)26(27,28)29/h4-11,14,20,22H,12H2,1-3H3,(H,30,34). The third kappa shape index (κ3) is 3.13. The molecule has 1 aliphatic carbocycles. The number of hydrogen-bond acceptors (Lipinski definition) is 4. The summed E-state index contributed by atoms with van der Waals surface area (Å²) in [7, 11) is 0. The molecule has 1 N–H and O–H groups in total. The molecule has 3 aliphatic heterocycles. The SMILES string of the molecule is CC1=CC2(C)C3=C(NC(=O)CN3C(=O)N3C(c4cccs4)=NC(c4ccc(C(F)(F)F)cc4)C32)C1C. The Morgan fingerprint density at radius 2 is 1.89 bits per heavy atom. The van der Waals surface area contributed by atoms with Crippen LogP contribution in [0.15, 0.2) is 69.8 Å². The lowest BCUT2D eigenvalue weighted by atomic mass is 9.66. The number of alkyl halides is 3. The summed E-state index contributed by atoms with van der Waals surface area (Å²) in [5.41, 5.74) is 1.62. The van der Waals surface area contributed by atoms with E-state index in [0.29, 0.717) is 17.1 Å². The molecule has 4 unspecified atom stereocenters. The van der Waals surface area contributed by atoms with Crippen LogP contribution in [0.3, 0.4) is 0 Å². The number of hydrogen-bond donors (Lipinski definition) is 1. The molecule has 1 fully saturated rings. The van der Waals surface area contributed by atoms with Crippen molar-refractivity contribution in [1.29, 1.82) is 0 Å². The molecule has 4 aliphatic rings. The van der Waals surface area contributed by atoms with E-state index in [1.165, 1.54) is 23.5 Å². The maximum atomic E-state index is 14.0. The molecule has 36 heavy (non-hydrogen) atoms. The molecule has 0 spiro atoms. The normalized spacial score (nSPS) is 29.6. The molecular formula is C26H23F3N4O2S. The number of benzene rings is 1. The molecule has 4 heterocycles. The lowest BCUT2D eigenvalue weighted by Crippen LogP contribution is -2.66. The summed E-state index contributed by atoms with van der Waals surface area (Å²) < 4.78 is 39.8. The third-order valence-corrected chi connectivity index (χ3v) is 8.56. The minimum Gasteiger partial charge on any atom is -0.326 e. The number of nitrogens with zero attached hydrogens (tertiary/aromatic N) is 3.